The Morgan fingerprint density at radius 3 is 2.82 bits per heavy atom. The number of rotatable bonds is 5. The third-order valence-corrected chi connectivity index (χ3v) is 4.12. The van der Waals surface area contributed by atoms with E-state index >= 15 is 0 Å². The molecule has 0 aromatic carbocycles. The maximum absolute atomic E-state index is 11.3. The fraction of sp³-hybridized carbons (Fsp3) is 0.733. The van der Waals surface area contributed by atoms with Crippen LogP contribution in [0.25, 0.3) is 0 Å². The summed E-state index contributed by atoms with van der Waals surface area (Å²) in [6.45, 7) is 11.0. The minimum absolute atomic E-state index is 0. The first-order valence-electron chi connectivity index (χ1n) is 7.56. The SMILES string of the molecule is COC(=O)CCn1nc(C)c(CN2CCN[C@@H](C)C2)c1C.Cl. The molecule has 0 saturated carbocycles. The van der Waals surface area contributed by atoms with Crippen molar-refractivity contribution in [3.05, 3.63) is 17.0 Å². The molecule has 2 heterocycles. The summed E-state index contributed by atoms with van der Waals surface area (Å²) in [5, 5.41) is 8.03. The number of hydrogen-bond acceptors (Lipinski definition) is 5. The van der Waals surface area contributed by atoms with Crippen LogP contribution in [-0.2, 0) is 22.6 Å². The standard InChI is InChI=1S/C15H26N4O2.ClH/c1-11-9-18(8-6-16-11)10-14-12(2)17-19(13(14)3)7-5-15(20)21-4;/h11,16H,5-10H2,1-4H3;1H/t11-;/m0./s1. The third-order valence-electron chi connectivity index (χ3n) is 4.12. The summed E-state index contributed by atoms with van der Waals surface area (Å²) in [5.74, 6) is -0.194. The van der Waals surface area contributed by atoms with Gasteiger partial charge in [0.05, 0.1) is 25.8 Å². The number of aromatic nitrogens is 2. The monoisotopic (exact) mass is 330 g/mol. The summed E-state index contributed by atoms with van der Waals surface area (Å²) in [6, 6.07) is 0.536. The van der Waals surface area contributed by atoms with Crippen molar-refractivity contribution < 1.29 is 9.53 Å². The van der Waals surface area contributed by atoms with E-state index in [1.54, 1.807) is 0 Å². The molecular weight excluding hydrogens is 304 g/mol. The van der Waals surface area contributed by atoms with Gasteiger partial charge in [0.2, 0.25) is 0 Å². The Kier molecular flexibility index (Phi) is 7.32. The smallest absolute Gasteiger partial charge is 0.307 e. The quantitative estimate of drug-likeness (QED) is 0.824. The highest BCUT2D eigenvalue weighted by molar-refractivity contribution is 5.85. The molecule has 7 heteroatoms. The van der Waals surface area contributed by atoms with Gasteiger partial charge in [-0.3, -0.25) is 14.4 Å². The Morgan fingerprint density at radius 2 is 2.18 bits per heavy atom. The van der Waals surface area contributed by atoms with Crippen molar-refractivity contribution in [1.29, 1.82) is 0 Å². The van der Waals surface area contributed by atoms with Crippen LogP contribution in [0, 0.1) is 13.8 Å². The summed E-state index contributed by atoms with van der Waals surface area (Å²) in [4.78, 5) is 13.7. The molecule has 1 fully saturated rings. The van der Waals surface area contributed by atoms with Crippen LogP contribution in [0.3, 0.4) is 0 Å². The number of carbonyl (C=O) groups excluding carboxylic acids is 1. The Balaban J connectivity index is 0.00000242. The van der Waals surface area contributed by atoms with Gasteiger partial charge in [-0.2, -0.15) is 5.10 Å². The fourth-order valence-electron chi connectivity index (χ4n) is 2.86. The first-order valence-corrected chi connectivity index (χ1v) is 7.56. The predicted octanol–water partition coefficient (Wildman–Crippen LogP) is 1.28. The number of hydrogen-bond donors (Lipinski definition) is 1. The first-order chi connectivity index (χ1) is 10.0. The van der Waals surface area contributed by atoms with Crippen molar-refractivity contribution in [2.75, 3.05) is 26.7 Å². The van der Waals surface area contributed by atoms with Crippen LogP contribution in [-0.4, -0.2) is 53.4 Å². The van der Waals surface area contributed by atoms with Gasteiger partial charge in [0.15, 0.2) is 0 Å². The van der Waals surface area contributed by atoms with E-state index in [2.05, 4.69) is 33.9 Å². The van der Waals surface area contributed by atoms with Gasteiger partial charge in [-0.05, 0) is 20.8 Å². The molecule has 0 amide bonds. The molecule has 1 aromatic rings. The molecule has 1 atom stereocenters. The number of carbonyl (C=O) groups is 1. The Hall–Kier alpha value is -1.11. The van der Waals surface area contributed by atoms with Gasteiger partial charge in [0.1, 0.15) is 0 Å². The van der Waals surface area contributed by atoms with Crippen LogP contribution in [0.2, 0.25) is 0 Å². The topological polar surface area (TPSA) is 59.4 Å². The minimum Gasteiger partial charge on any atom is -0.469 e. The lowest BCUT2D eigenvalue weighted by atomic mass is 10.1. The highest BCUT2D eigenvalue weighted by Gasteiger charge is 2.19. The normalized spacial score (nSPS) is 18.8. The molecule has 126 valence electrons. The summed E-state index contributed by atoms with van der Waals surface area (Å²) in [5.41, 5.74) is 3.50. The van der Waals surface area contributed by atoms with Crippen molar-refractivity contribution >= 4 is 18.4 Å². The molecule has 1 saturated heterocycles. The Morgan fingerprint density at radius 1 is 1.45 bits per heavy atom. The molecule has 2 rings (SSSR count). The van der Waals surface area contributed by atoms with Crippen LogP contribution >= 0.6 is 12.4 Å². The molecule has 1 aliphatic heterocycles. The van der Waals surface area contributed by atoms with Crippen LogP contribution in [0.4, 0.5) is 0 Å². The van der Waals surface area contributed by atoms with Gasteiger partial charge in [0, 0.05) is 43.5 Å². The molecule has 0 aliphatic carbocycles. The van der Waals surface area contributed by atoms with E-state index in [9.17, 15) is 4.79 Å². The number of halogens is 1. The van der Waals surface area contributed by atoms with E-state index in [-0.39, 0.29) is 18.4 Å². The first kappa shape index (κ1) is 18.9. The van der Waals surface area contributed by atoms with Gasteiger partial charge in [-0.15, -0.1) is 12.4 Å². The van der Waals surface area contributed by atoms with E-state index in [0.29, 0.717) is 19.0 Å². The van der Waals surface area contributed by atoms with E-state index in [0.717, 1.165) is 37.6 Å². The van der Waals surface area contributed by atoms with Crippen molar-refractivity contribution in [3.8, 4) is 0 Å². The van der Waals surface area contributed by atoms with Crippen LogP contribution < -0.4 is 5.32 Å². The molecule has 0 bridgehead atoms. The number of esters is 1. The molecule has 6 nitrogen and oxygen atoms in total. The van der Waals surface area contributed by atoms with Crippen molar-refractivity contribution in [2.24, 2.45) is 0 Å². The summed E-state index contributed by atoms with van der Waals surface area (Å²) in [6.07, 6.45) is 0.364. The zero-order valence-corrected chi connectivity index (χ0v) is 14.7. The van der Waals surface area contributed by atoms with E-state index in [4.69, 9.17) is 0 Å². The van der Waals surface area contributed by atoms with Crippen molar-refractivity contribution in [1.82, 2.24) is 20.0 Å². The van der Waals surface area contributed by atoms with Gasteiger partial charge >= 0.3 is 5.97 Å². The highest BCUT2D eigenvalue weighted by Crippen LogP contribution is 2.17. The van der Waals surface area contributed by atoms with Crippen LogP contribution in [0.5, 0.6) is 0 Å². The summed E-state index contributed by atoms with van der Waals surface area (Å²) in [7, 11) is 1.42. The lowest BCUT2D eigenvalue weighted by Crippen LogP contribution is -2.48. The number of ether oxygens (including phenoxy) is 1. The fourth-order valence-corrected chi connectivity index (χ4v) is 2.86. The Labute approximate surface area is 138 Å². The molecule has 0 unspecified atom stereocenters. The van der Waals surface area contributed by atoms with Crippen LogP contribution in [0.15, 0.2) is 0 Å². The van der Waals surface area contributed by atoms with Gasteiger partial charge in [0.25, 0.3) is 0 Å². The maximum atomic E-state index is 11.3. The third kappa shape index (κ3) is 4.69. The van der Waals surface area contributed by atoms with Crippen LogP contribution in [0.1, 0.15) is 30.3 Å². The summed E-state index contributed by atoms with van der Waals surface area (Å²) >= 11 is 0. The van der Waals surface area contributed by atoms with Gasteiger partial charge in [-0.1, -0.05) is 0 Å². The zero-order valence-electron chi connectivity index (χ0n) is 13.9. The zero-order chi connectivity index (χ0) is 15.4. The number of piperazine rings is 1. The average molecular weight is 331 g/mol. The predicted molar refractivity (Wildman–Crippen MR) is 88.3 cm³/mol. The lowest BCUT2D eigenvalue weighted by Gasteiger charge is -2.31. The minimum atomic E-state index is -0.194. The van der Waals surface area contributed by atoms with E-state index in [1.807, 2.05) is 11.6 Å². The molecule has 22 heavy (non-hydrogen) atoms. The highest BCUT2D eigenvalue weighted by atomic mass is 35.5. The number of aryl methyl sites for hydroxylation is 2. The van der Waals surface area contributed by atoms with E-state index < -0.39 is 0 Å². The second kappa shape index (κ2) is 8.50. The van der Waals surface area contributed by atoms with Crippen molar-refractivity contribution in [3.63, 3.8) is 0 Å². The number of nitrogens with zero attached hydrogens (tertiary/aromatic N) is 3. The average Bonchev–Trinajstić information content (AvgIpc) is 2.72. The van der Waals surface area contributed by atoms with Gasteiger partial charge in [-0.25, -0.2) is 0 Å². The Bertz CT molecular complexity index is 504. The summed E-state index contributed by atoms with van der Waals surface area (Å²) < 4.78 is 6.61. The van der Waals surface area contributed by atoms with E-state index in [1.165, 1.54) is 12.7 Å². The maximum Gasteiger partial charge on any atom is 0.307 e. The van der Waals surface area contributed by atoms with Crippen molar-refractivity contribution in [2.45, 2.75) is 46.3 Å². The second-order valence-electron chi connectivity index (χ2n) is 5.79. The second-order valence-corrected chi connectivity index (χ2v) is 5.79. The molecule has 0 spiro atoms. The molecule has 1 aromatic heterocycles. The molecule has 1 aliphatic rings. The number of methoxy groups -OCH3 is 1. The molecular formula is C15H27ClN4O2. The largest absolute Gasteiger partial charge is 0.469 e. The molecule has 1 N–H and O–H groups in total. The molecule has 0 radical (unpaired) electrons. The lowest BCUT2D eigenvalue weighted by molar-refractivity contribution is -0.140. The van der Waals surface area contributed by atoms with Gasteiger partial charge < -0.3 is 10.1 Å². The number of nitrogens with one attached hydrogen (secondary N) is 1.